The maximum atomic E-state index is 12.2. The molecule has 3 aromatic rings. The summed E-state index contributed by atoms with van der Waals surface area (Å²) < 4.78 is 30.3. The lowest BCUT2D eigenvalue weighted by Crippen LogP contribution is -2.16. The lowest BCUT2D eigenvalue weighted by atomic mass is 10.2. The highest BCUT2D eigenvalue weighted by Crippen LogP contribution is 2.62. The fourth-order valence-electron chi connectivity index (χ4n) is 2.90. The maximum absolute atomic E-state index is 12.2. The molecule has 0 aliphatic heterocycles. The van der Waals surface area contributed by atoms with Crippen molar-refractivity contribution in [2.45, 2.75) is 16.4 Å². The van der Waals surface area contributed by atoms with Crippen LogP contribution in [0.3, 0.4) is 0 Å². The second-order valence-corrected chi connectivity index (χ2v) is 10.8. The average Bonchev–Trinajstić information content (AvgIpc) is 2.63. The molecule has 0 saturated carbocycles. The van der Waals surface area contributed by atoms with E-state index in [-0.39, 0.29) is 0 Å². The van der Waals surface area contributed by atoms with Crippen LogP contribution in [-0.4, -0.2) is 14.7 Å². The molecule has 136 valence electrons. The summed E-state index contributed by atoms with van der Waals surface area (Å²) in [6.07, 6.45) is 1.13. The molecule has 26 heavy (non-hydrogen) atoms. The summed E-state index contributed by atoms with van der Waals surface area (Å²) in [4.78, 5) is 0.929. The van der Waals surface area contributed by atoms with E-state index in [1.165, 1.54) is 0 Å². The molecule has 0 N–H and O–H groups in total. The van der Waals surface area contributed by atoms with Crippen LogP contribution in [0, 0.1) is 0 Å². The molecule has 0 amide bonds. The molecule has 0 spiro atoms. The van der Waals surface area contributed by atoms with Crippen LogP contribution in [0.1, 0.15) is 11.1 Å². The van der Waals surface area contributed by atoms with E-state index in [0.717, 1.165) is 22.3 Å². The molecule has 0 radical (unpaired) electrons. The zero-order valence-corrected chi connectivity index (χ0v) is 16.2. The highest BCUT2D eigenvalue weighted by Gasteiger charge is 2.32. The fourth-order valence-corrected chi connectivity index (χ4v) is 8.04. The van der Waals surface area contributed by atoms with E-state index in [9.17, 15) is 8.42 Å². The van der Waals surface area contributed by atoms with Gasteiger partial charge in [-0.05, 0) is 23.3 Å². The van der Waals surface area contributed by atoms with Gasteiger partial charge in [0.1, 0.15) is 0 Å². The molecule has 0 aliphatic rings. The van der Waals surface area contributed by atoms with Crippen LogP contribution < -0.4 is 0 Å². The molecule has 0 aromatic heterocycles. The maximum Gasteiger partial charge on any atom is 0.273 e. The molecule has 0 aliphatic carbocycles. The van der Waals surface area contributed by atoms with Crippen LogP contribution in [0.2, 0.25) is 0 Å². The Labute approximate surface area is 157 Å². The number of benzene rings is 3. The Balaban J connectivity index is 2.12. The Hall–Kier alpha value is -2.08. The molecule has 3 rings (SSSR count). The van der Waals surface area contributed by atoms with Gasteiger partial charge in [0.05, 0.1) is 6.26 Å². The molecule has 0 unspecified atom stereocenters. The first-order valence-corrected chi connectivity index (χ1v) is 12.0. The van der Waals surface area contributed by atoms with Gasteiger partial charge in [-0.15, -0.1) is 0 Å². The summed E-state index contributed by atoms with van der Waals surface area (Å²) in [5.74, 6) is 1.08. The van der Waals surface area contributed by atoms with E-state index < -0.39 is 20.4 Å². The second kappa shape index (κ2) is 8.08. The fraction of sp³-hybridized carbons (Fsp3) is 0.143. The van der Waals surface area contributed by atoms with Gasteiger partial charge in [-0.25, -0.2) is 3.63 Å². The van der Waals surface area contributed by atoms with Gasteiger partial charge in [-0.1, -0.05) is 89.2 Å². The van der Waals surface area contributed by atoms with Crippen LogP contribution in [0.5, 0.6) is 0 Å². The third kappa shape index (κ3) is 4.97. The highest BCUT2D eigenvalue weighted by atomic mass is 32.3. The third-order valence-corrected chi connectivity index (χ3v) is 8.67. The molecule has 3 nitrogen and oxygen atoms in total. The van der Waals surface area contributed by atoms with Crippen molar-refractivity contribution >= 4 is 20.4 Å². The lowest BCUT2D eigenvalue weighted by Gasteiger charge is -2.38. The largest absolute Gasteiger partial charge is 0.273 e. The van der Waals surface area contributed by atoms with Gasteiger partial charge >= 0.3 is 0 Å². The molecule has 0 heterocycles. The van der Waals surface area contributed by atoms with Crippen LogP contribution in [-0.2, 0) is 25.3 Å². The van der Waals surface area contributed by atoms with Crippen molar-refractivity contribution in [2.24, 2.45) is 0 Å². The SMILES string of the molecule is CS(=O)(=O)OS(Cc1ccccc1)(Cc1ccccc1)c1ccccc1. The summed E-state index contributed by atoms with van der Waals surface area (Å²) in [5, 5.41) is 0. The van der Waals surface area contributed by atoms with Crippen LogP contribution in [0.4, 0.5) is 0 Å². The summed E-state index contributed by atoms with van der Waals surface area (Å²) in [5.41, 5.74) is 2.12. The zero-order chi connectivity index (χ0) is 18.5. The van der Waals surface area contributed by atoms with Crippen molar-refractivity contribution in [3.8, 4) is 0 Å². The summed E-state index contributed by atoms with van der Waals surface area (Å²) >= 11 is 0. The Morgan fingerprint density at radius 3 is 1.42 bits per heavy atom. The minimum absolute atomic E-state index is 0.541. The van der Waals surface area contributed by atoms with Gasteiger partial charge in [0.2, 0.25) is 0 Å². The molecule has 0 saturated heterocycles. The number of rotatable bonds is 7. The van der Waals surface area contributed by atoms with E-state index in [0.29, 0.717) is 11.5 Å². The van der Waals surface area contributed by atoms with Crippen molar-refractivity contribution < 1.29 is 12.0 Å². The Morgan fingerprint density at radius 1 is 0.654 bits per heavy atom. The Bertz CT molecular complexity index is 883. The lowest BCUT2D eigenvalue weighted by molar-refractivity contribution is 0.515. The van der Waals surface area contributed by atoms with Crippen LogP contribution in [0.25, 0.3) is 0 Å². The van der Waals surface area contributed by atoms with Crippen molar-refractivity contribution in [3.05, 3.63) is 102 Å². The minimum atomic E-state index is -3.63. The zero-order valence-electron chi connectivity index (χ0n) is 14.6. The highest BCUT2D eigenvalue weighted by molar-refractivity contribution is 8.31. The van der Waals surface area contributed by atoms with Crippen LogP contribution in [0.15, 0.2) is 95.9 Å². The van der Waals surface area contributed by atoms with Crippen molar-refractivity contribution in [2.75, 3.05) is 6.26 Å². The molecular formula is C21H22O3S2. The van der Waals surface area contributed by atoms with Gasteiger partial charge < -0.3 is 0 Å². The molecule has 0 fully saturated rings. The first kappa shape index (κ1) is 18.7. The first-order valence-electron chi connectivity index (χ1n) is 8.30. The summed E-state index contributed by atoms with van der Waals surface area (Å²) in [6.45, 7) is 0. The number of hydrogen-bond acceptors (Lipinski definition) is 3. The molecule has 5 heteroatoms. The van der Waals surface area contributed by atoms with Gasteiger partial charge in [0.25, 0.3) is 10.1 Å². The topological polar surface area (TPSA) is 43.4 Å². The molecule has 0 atom stereocenters. The van der Waals surface area contributed by atoms with E-state index in [2.05, 4.69) is 0 Å². The smallest absolute Gasteiger partial charge is 0.215 e. The van der Waals surface area contributed by atoms with Crippen molar-refractivity contribution in [3.63, 3.8) is 0 Å². The summed E-state index contributed by atoms with van der Waals surface area (Å²) in [7, 11) is -5.76. The predicted molar refractivity (Wildman–Crippen MR) is 109 cm³/mol. The van der Waals surface area contributed by atoms with E-state index in [4.69, 9.17) is 3.63 Å². The Morgan fingerprint density at radius 2 is 1.04 bits per heavy atom. The molecule has 0 bridgehead atoms. The minimum Gasteiger partial charge on any atom is -0.215 e. The van der Waals surface area contributed by atoms with Gasteiger partial charge in [0.15, 0.2) is 0 Å². The van der Waals surface area contributed by atoms with E-state index in [1.54, 1.807) is 0 Å². The molecule has 3 aromatic carbocycles. The standard InChI is InChI=1S/C21H22O3S2/c1-25(22,23)24-26(21-15-9-4-10-16-21,17-19-11-5-2-6-12-19)18-20-13-7-3-8-14-20/h2-16H,17-18H2,1H3. The predicted octanol–water partition coefficient (Wildman–Crippen LogP) is 5.14. The second-order valence-electron chi connectivity index (χ2n) is 6.16. The van der Waals surface area contributed by atoms with Gasteiger partial charge in [-0.3, -0.25) is 0 Å². The quantitative estimate of drug-likeness (QED) is 0.564. The van der Waals surface area contributed by atoms with Gasteiger partial charge in [-0.2, -0.15) is 8.42 Å². The van der Waals surface area contributed by atoms with Crippen molar-refractivity contribution in [1.82, 2.24) is 0 Å². The van der Waals surface area contributed by atoms with E-state index >= 15 is 0 Å². The third-order valence-electron chi connectivity index (χ3n) is 3.91. The normalized spacial score (nSPS) is 12.7. The molecular weight excluding hydrogens is 364 g/mol. The Kier molecular flexibility index (Phi) is 5.81. The van der Waals surface area contributed by atoms with Gasteiger partial charge in [0, 0.05) is 16.4 Å². The first-order chi connectivity index (χ1) is 12.5. The van der Waals surface area contributed by atoms with E-state index in [1.807, 2.05) is 91.0 Å². The summed E-state index contributed by atoms with van der Waals surface area (Å²) in [6, 6.07) is 29.6. The number of hydrogen-bond donors (Lipinski definition) is 0. The van der Waals surface area contributed by atoms with Crippen molar-refractivity contribution in [1.29, 1.82) is 0 Å². The average molecular weight is 387 g/mol. The van der Waals surface area contributed by atoms with Crippen LogP contribution >= 0.6 is 10.3 Å². The monoisotopic (exact) mass is 386 g/mol.